The molecule has 0 fully saturated rings. The van der Waals surface area contributed by atoms with Crippen LogP contribution in [0.5, 0.6) is 11.5 Å². The van der Waals surface area contributed by atoms with Crippen LogP contribution >= 0.6 is 0 Å². The molecule has 6 nitrogen and oxygen atoms in total. The molecule has 2 heterocycles. The standard InChI is InChI=1S/C20H18N2O4/c1-13-6-2-3-7-15(13)19-18(22-12-25-19)20(23)21-10-14-11-24-16-8-4-5-9-17(16)26-14/h2-9,12,14H,10-11H2,1H3,(H,21,23). The molecule has 0 bridgehead atoms. The summed E-state index contributed by atoms with van der Waals surface area (Å²) in [6, 6.07) is 15.2. The first-order valence-electron chi connectivity index (χ1n) is 8.38. The first-order valence-corrected chi connectivity index (χ1v) is 8.38. The summed E-state index contributed by atoms with van der Waals surface area (Å²) in [4.78, 5) is 16.7. The van der Waals surface area contributed by atoms with Gasteiger partial charge in [-0.15, -0.1) is 0 Å². The second-order valence-electron chi connectivity index (χ2n) is 6.05. The third-order valence-corrected chi connectivity index (χ3v) is 4.23. The van der Waals surface area contributed by atoms with Gasteiger partial charge in [0, 0.05) is 5.56 Å². The normalized spacial score (nSPS) is 15.5. The third-order valence-electron chi connectivity index (χ3n) is 4.23. The van der Waals surface area contributed by atoms with Crippen LogP contribution in [-0.4, -0.2) is 30.1 Å². The van der Waals surface area contributed by atoms with E-state index in [1.54, 1.807) is 0 Å². The molecule has 0 saturated heterocycles. The summed E-state index contributed by atoms with van der Waals surface area (Å²) in [7, 11) is 0. The molecule has 1 N–H and O–H groups in total. The molecule has 1 aliphatic rings. The van der Waals surface area contributed by atoms with Gasteiger partial charge in [0.25, 0.3) is 5.91 Å². The van der Waals surface area contributed by atoms with Crippen molar-refractivity contribution >= 4 is 5.91 Å². The van der Waals surface area contributed by atoms with Crippen molar-refractivity contribution in [2.45, 2.75) is 13.0 Å². The lowest BCUT2D eigenvalue weighted by molar-refractivity contribution is 0.0787. The monoisotopic (exact) mass is 350 g/mol. The molecule has 0 aliphatic carbocycles. The van der Waals surface area contributed by atoms with Gasteiger partial charge >= 0.3 is 0 Å². The Morgan fingerprint density at radius 2 is 1.92 bits per heavy atom. The molecule has 1 aliphatic heterocycles. The molecule has 26 heavy (non-hydrogen) atoms. The van der Waals surface area contributed by atoms with E-state index in [1.165, 1.54) is 6.39 Å². The minimum atomic E-state index is -0.306. The van der Waals surface area contributed by atoms with Gasteiger partial charge in [0.15, 0.2) is 29.3 Å². The van der Waals surface area contributed by atoms with E-state index >= 15 is 0 Å². The topological polar surface area (TPSA) is 73.6 Å². The number of amides is 1. The molecule has 132 valence electrons. The van der Waals surface area contributed by atoms with Gasteiger partial charge in [-0.05, 0) is 24.6 Å². The van der Waals surface area contributed by atoms with Crippen LogP contribution in [0.25, 0.3) is 11.3 Å². The lowest BCUT2D eigenvalue weighted by Crippen LogP contribution is -2.40. The van der Waals surface area contributed by atoms with E-state index < -0.39 is 0 Å². The van der Waals surface area contributed by atoms with Gasteiger partial charge in [-0.2, -0.15) is 0 Å². The molecule has 0 saturated carbocycles. The Bertz CT molecular complexity index is 935. The average molecular weight is 350 g/mol. The highest BCUT2D eigenvalue weighted by atomic mass is 16.6. The molecule has 1 atom stereocenters. The first kappa shape index (κ1) is 16.2. The van der Waals surface area contributed by atoms with Crippen molar-refractivity contribution in [3.05, 3.63) is 66.2 Å². The summed E-state index contributed by atoms with van der Waals surface area (Å²) in [6.07, 6.45) is 1.02. The molecular weight excluding hydrogens is 332 g/mol. The number of aryl methyl sites for hydroxylation is 1. The summed E-state index contributed by atoms with van der Waals surface area (Å²) in [6.45, 7) is 2.65. The van der Waals surface area contributed by atoms with Crippen LogP contribution in [0.1, 0.15) is 16.1 Å². The van der Waals surface area contributed by atoms with Crippen LogP contribution in [0, 0.1) is 6.92 Å². The number of carbonyl (C=O) groups is 1. The Morgan fingerprint density at radius 3 is 2.77 bits per heavy atom. The van der Waals surface area contributed by atoms with E-state index in [4.69, 9.17) is 13.9 Å². The number of fused-ring (bicyclic) bond motifs is 1. The molecule has 1 unspecified atom stereocenters. The minimum absolute atomic E-state index is 0.261. The zero-order valence-electron chi connectivity index (χ0n) is 14.3. The SMILES string of the molecule is Cc1ccccc1-c1ocnc1C(=O)NCC1COc2ccccc2O1. The van der Waals surface area contributed by atoms with E-state index in [9.17, 15) is 4.79 Å². The maximum atomic E-state index is 12.6. The number of nitrogens with one attached hydrogen (secondary N) is 1. The average Bonchev–Trinajstić information content (AvgIpc) is 3.16. The summed E-state index contributed by atoms with van der Waals surface area (Å²) >= 11 is 0. The van der Waals surface area contributed by atoms with Crippen molar-refractivity contribution in [2.75, 3.05) is 13.2 Å². The Hall–Kier alpha value is -3.28. The number of rotatable bonds is 4. The highest BCUT2D eigenvalue weighted by molar-refractivity contribution is 5.97. The summed E-state index contributed by atoms with van der Waals surface area (Å²) in [5.74, 6) is 1.56. The highest BCUT2D eigenvalue weighted by Gasteiger charge is 2.24. The molecule has 3 aromatic rings. The van der Waals surface area contributed by atoms with E-state index in [0.717, 1.165) is 11.1 Å². The second kappa shape index (κ2) is 6.92. The maximum Gasteiger partial charge on any atom is 0.274 e. The Kier molecular flexibility index (Phi) is 4.31. The molecule has 2 aromatic carbocycles. The molecule has 6 heteroatoms. The number of aromatic nitrogens is 1. The van der Waals surface area contributed by atoms with Crippen LogP contribution in [0.2, 0.25) is 0 Å². The minimum Gasteiger partial charge on any atom is -0.486 e. The predicted octanol–water partition coefficient (Wildman–Crippen LogP) is 3.22. The number of para-hydroxylation sites is 2. The van der Waals surface area contributed by atoms with E-state index in [0.29, 0.717) is 30.4 Å². The second-order valence-corrected chi connectivity index (χ2v) is 6.05. The highest BCUT2D eigenvalue weighted by Crippen LogP contribution is 2.31. The van der Waals surface area contributed by atoms with Crippen LogP contribution in [0.3, 0.4) is 0 Å². The lowest BCUT2D eigenvalue weighted by Gasteiger charge is -2.26. The largest absolute Gasteiger partial charge is 0.486 e. The zero-order chi connectivity index (χ0) is 17.9. The van der Waals surface area contributed by atoms with Crippen molar-refractivity contribution in [3.63, 3.8) is 0 Å². The van der Waals surface area contributed by atoms with Gasteiger partial charge < -0.3 is 19.2 Å². The molecule has 4 rings (SSSR count). The van der Waals surface area contributed by atoms with E-state index in [2.05, 4.69) is 10.3 Å². The summed E-state index contributed by atoms with van der Waals surface area (Å²) < 4.78 is 17.0. The smallest absolute Gasteiger partial charge is 0.274 e. The van der Waals surface area contributed by atoms with Crippen molar-refractivity contribution in [3.8, 4) is 22.8 Å². The van der Waals surface area contributed by atoms with Gasteiger partial charge in [-0.3, -0.25) is 4.79 Å². The van der Waals surface area contributed by atoms with Crippen LogP contribution in [0.15, 0.2) is 59.3 Å². The first-order chi connectivity index (χ1) is 12.7. The van der Waals surface area contributed by atoms with Crippen LogP contribution in [0.4, 0.5) is 0 Å². The van der Waals surface area contributed by atoms with Crippen molar-refractivity contribution < 1.29 is 18.7 Å². The zero-order valence-corrected chi connectivity index (χ0v) is 14.3. The van der Waals surface area contributed by atoms with Crippen LogP contribution in [-0.2, 0) is 0 Å². The van der Waals surface area contributed by atoms with Crippen molar-refractivity contribution in [1.29, 1.82) is 0 Å². The molecule has 0 radical (unpaired) electrons. The number of carbonyl (C=O) groups excluding carboxylic acids is 1. The number of benzene rings is 2. The number of hydrogen-bond acceptors (Lipinski definition) is 5. The number of nitrogens with zero attached hydrogens (tertiary/aromatic N) is 1. The van der Waals surface area contributed by atoms with Gasteiger partial charge in [0.05, 0.1) is 6.54 Å². The van der Waals surface area contributed by atoms with E-state index in [-0.39, 0.29) is 17.7 Å². The fourth-order valence-corrected chi connectivity index (χ4v) is 2.88. The Morgan fingerprint density at radius 1 is 1.15 bits per heavy atom. The van der Waals surface area contributed by atoms with Gasteiger partial charge in [0.1, 0.15) is 12.7 Å². The number of ether oxygens (including phenoxy) is 2. The Labute approximate surface area is 150 Å². The molecule has 1 amide bonds. The van der Waals surface area contributed by atoms with Gasteiger partial charge in [0.2, 0.25) is 0 Å². The fraction of sp³-hybridized carbons (Fsp3) is 0.200. The predicted molar refractivity (Wildman–Crippen MR) is 95.4 cm³/mol. The maximum absolute atomic E-state index is 12.6. The van der Waals surface area contributed by atoms with Crippen molar-refractivity contribution in [2.24, 2.45) is 0 Å². The Balaban J connectivity index is 1.44. The molecular formula is C20H18N2O4. The van der Waals surface area contributed by atoms with Crippen molar-refractivity contribution in [1.82, 2.24) is 10.3 Å². The van der Waals surface area contributed by atoms with Crippen LogP contribution < -0.4 is 14.8 Å². The number of oxazole rings is 1. The molecule has 1 aromatic heterocycles. The van der Waals surface area contributed by atoms with E-state index in [1.807, 2.05) is 55.5 Å². The third kappa shape index (κ3) is 3.13. The summed E-state index contributed by atoms with van der Waals surface area (Å²) in [5.41, 5.74) is 2.12. The number of hydrogen-bond donors (Lipinski definition) is 1. The summed E-state index contributed by atoms with van der Waals surface area (Å²) in [5, 5.41) is 2.85. The van der Waals surface area contributed by atoms with Gasteiger partial charge in [-0.25, -0.2) is 4.98 Å². The van der Waals surface area contributed by atoms with Gasteiger partial charge in [-0.1, -0.05) is 36.4 Å². The quantitative estimate of drug-likeness (QED) is 0.782. The fourth-order valence-electron chi connectivity index (χ4n) is 2.88. The lowest BCUT2D eigenvalue weighted by atomic mass is 10.1. The molecule has 0 spiro atoms.